The van der Waals surface area contributed by atoms with Gasteiger partial charge in [-0.15, -0.1) is 0 Å². The van der Waals surface area contributed by atoms with Crippen molar-refractivity contribution in [3.05, 3.63) is 12.3 Å². The van der Waals surface area contributed by atoms with Gasteiger partial charge in [-0.1, -0.05) is 0 Å². The van der Waals surface area contributed by atoms with E-state index in [9.17, 15) is 14.4 Å². The molecule has 1 amide bonds. The van der Waals surface area contributed by atoms with E-state index in [0.717, 1.165) is 0 Å². The Morgan fingerprint density at radius 3 is 2.32 bits per heavy atom. The van der Waals surface area contributed by atoms with Gasteiger partial charge in [0.05, 0.1) is 19.5 Å². The summed E-state index contributed by atoms with van der Waals surface area (Å²) in [6, 6.07) is 0. The standard InChI is InChI=1S/C12H17NO6/c1-3-17-10(15)12(13-8-14,11(16)18-4-2)9-6-5-7-19-9/h5,7-9H,3-4,6H2,1-2H3,(H,13,14). The third kappa shape index (κ3) is 2.86. The molecule has 0 aromatic rings. The van der Waals surface area contributed by atoms with E-state index in [1.807, 2.05) is 0 Å². The number of carbonyl (C=O) groups excluding carboxylic acids is 3. The van der Waals surface area contributed by atoms with Gasteiger partial charge in [0.25, 0.3) is 5.54 Å². The number of hydrogen-bond donors (Lipinski definition) is 1. The van der Waals surface area contributed by atoms with Crippen LogP contribution in [-0.2, 0) is 28.6 Å². The van der Waals surface area contributed by atoms with Crippen LogP contribution in [0.2, 0.25) is 0 Å². The Morgan fingerprint density at radius 1 is 1.37 bits per heavy atom. The Labute approximate surface area is 110 Å². The van der Waals surface area contributed by atoms with Crippen LogP contribution in [0.1, 0.15) is 20.3 Å². The molecule has 0 bridgehead atoms. The fraction of sp³-hybridized carbons (Fsp3) is 0.583. The summed E-state index contributed by atoms with van der Waals surface area (Å²) in [6.45, 7) is 3.34. The van der Waals surface area contributed by atoms with Crippen molar-refractivity contribution in [1.29, 1.82) is 0 Å². The average Bonchev–Trinajstić information content (AvgIpc) is 2.90. The van der Waals surface area contributed by atoms with Crippen LogP contribution in [0.3, 0.4) is 0 Å². The van der Waals surface area contributed by atoms with Gasteiger partial charge in [-0.25, -0.2) is 9.59 Å². The first kappa shape index (κ1) is 15.0. The summed E-state index contributed by atoms with van der Waals surface area (Å²) in [5, 5.41) is 2.21. The minimum Gasteiger partial charge on any atom is -0.494 e. The molecule has 1 rings (SSSR count). The van der Waals surface area contributed by atoms with Crippen molar-refractivity contribution in [2.24, 2.45) is 0 Å². The molecule has 0 saturated carbocycles. The molecule has 1 aliphatic heterocycles. The van der Waals surface area contributed by atoms with Gasteiger partial charge in [0, 0.05) is 6.42 Å². The summed E-state index contributed by atoms with van der Waals surface area (Å²) in [5.41, 5.74) is -1.97. The van der Waals surface area contributed by atoms with Gasteiger partial charge in [0.2, 0.25) is 6.41 Å². The Kier molecular flexibility index (Phi) is 5.35. The zero-order valence-corrected chi connectivity index (χ0v) is 10.9. The summed E-state index contributed by atoms with van der Waals surface area (Å²) in [6.07, 6.45) is 2.68. The summed E-state index contributed by atoms with van der Waals surface area (Å²) < 4.78 is 14.9. The molecular weight excluding hydrogens is 254 g/mol. The van der Waals surface area contributed by atoms with Crippen LogP contribution in [0.15, 0.2) is 12.3 Å². The molecule has 0 fully saturated rings. The number of carbonyl (C=O) groups is 3. The van der Waals surface area contributed by atoms with Gasteiger partial charge in [-0.05, 0) is 19.9 Å². The van der Waals surface area contributed by atoms with Gasteiger partial charge >= 0.3 is 11.9 Å². The van der Waals surface area contributed by atoms with Crippen molar-refractivity contribution in [2.75, 3.05) is 13.2 Å². The van der Waals surface area contributed by atoms with Gasteiger partial charge in [-0.3, -0.25) is 4.79 Å². The Hall–Kier alpha value is -2.05. The largest absolute Gasteiger partial charge is 0.494 e. The van der Waals surface area contributed by atoms with Crippen LogP contribution >= 0.6 is 0 Å². The Morgan fingerprint density at radius 2 is 1.95 bits per heavy atom. The molecule has 1 aliphatic rings. The van der Waals surface area contributed by atoms with Crippen LogP contribution in [0, 0.1) is 0 Å². The van der Waals surface area contributed by atoms with E-state index in [0.29, 0.717) is 6.42 Å². The summed E-state index contributed by atoms with van der Waals surface area (Å²) in [7, 11) is 0. The number of esters is 2. The maximum absolute atomic E-state index is 12.1. The number of nitrogens with one attached hydrogen (secondary N) is 1. The minimum absolute atomic E-state index is 0.0701. The predicted octanol–water partition coefficient (Wildman–Crippen LogP) is -0.100. The highest BCUT2D eigenvalue weighted by Gasteiger charge is 2.57. The van der Waals surface area contributed by atoms with E-state index >= 15 is 0 Å². The Bertz CT molecular complexity index is 352. The first-order valence-corrected chi connectivity index (χ1v) is 5.99. The number of rotatable bonds is 7. The van der Waals surface area contributed by atoms with Crippen molar-refractivity contribution in [2.45, 2.75) is 31.9 Å². The van der Waals surface area contributed by atoms with Crippen molar-refractivity contribution in [1.82, 2.24) is 5.32 Å². The van der Waals surface area contributed by atoms with Crippen LogP contribution in [0.25, 0.3) is 0 Å². The van der Waals surface area contributed by atoms with Crippen molar-refractivity contribution in [3.63, 3.8) is 0 Å². The SMILES string of the molecule is CCOC(=O)C(NC=O)(C(=O)OCC)C1CC=CO1. The quantitative estimate of drug-likeness (QED) is 0.395. The molecule has 7 nitrogen and oxygen atoms in total. The molecule has 1 unspecified atom stereocenters. The molecule has 1 heterocycles. The fourth-order valence-electron chi connectivity index (χ4n) is 1.80. The van der Waals surface area contributed by atoms with Crippen LogP contribution in [0.4, 0.5) is 0 Å². The summed E-state index contributed by atoms with van der Waals surface area (Å²) in [4.78, 5) is 35.0. The van der Waals surface area contributed by atoms with E-state index in [2.05, 4.69) is 5.32 Å². The zero-order chi connectivity index (χ0) is 14.3. The predicted molar refractivity (Wildman–Crippen MR) is 63.8 cm³/mol. The fourth-order valence-corrected chi connectivity index (χ4v) is 1.80. The molecule has 0 spiro atoms. The van der Waals surface area contributed by atoms with Crippen LogP contribution in [0.5, 0.6) is 0 Å². The molecule has 1 N–H and O–H groups in total. The lowest BCUT2D eigenvalue weighted by molar-refractivity contribution is -0.173. The first-order chi connectivity index (χ1) is 9.13. The topological polar surface area (TPSA) is 90.9 Å². The van der Waals surface area contributed by atoms with Crippen LogP contribution < -0.4 is 5.32 Å². The highest BCUT2D eigenvalue weighted by atomic mass is 16.6. The second-order valence-electron chi connectivity index (χ2n) is 3.74. The van der Waals surface area contributed by atoms with E-state index in [1.54, 1.807) is 19.9 Å². The lowest BCUT2D eigenvalue weighted by Gasteiger charge is -2.32. The highest BCUT2D eigenvalue weighted by molar-refractivity contribution is 6.07. The molecule has 0 radical (unpaired) electrons. The van der Waals surface area contributed by atoms with Crippen molar-refractivity contribution in [3.8, 4) is 0 Å². The van der Waals surface area contributed by atoms with Gasteiger partial charge in [-0.2, -0.15) is 0 Å². The highest BCUT2D eigenvalue weighted by Crippen LogP contribution is 2.25. The second kappa shape index (κ2) is 6.77. The molecule has 7 heteroatoms. The zero-order valence-electron chi connectivity index (χ0n) is 10.9. The lowest BCUT2D eigenvalue weighted by Crippen LogP contribution is -2.66. The van der Waals surface area contributed by atoms with Gasteiger partial charge < -0.3 is 19.5 Å². The number of amides is 1. The number of hydrogen-bond acceptors (Lipinski definition) is 6. The Balaban J connectivity index is 3.11. The van der Waals surface area contributed by atoms with Gasteiger partial charge in [0.15, 0.2) is 0 Å². The molecule has 19 heavy (non-hydrogen) atoms. The lowest BCUT2D eigenvalue weighted by atomic mass is 9.90. The average molecular weight is 271 g/mol. The van der Waals surface area contributed by atoms with E-state index in [4.69, 9.17) is 14.2 Å². The van der Waals surface area contributed by atoms with E-state index in [-0.39, 0.29) is 19.6 Å². The normalized spacial score (nSPS) is 17.5. The van der Waals surface area contributed by atoms with E-state index < -0.39 is 23.6 Å². The second-order valence-corrected chi connectivity index (χ2v) is 3.74. The van der Waals surface area contributed by atoms with Gasteiger partial charge in [0.1, 0.15) is 6.10 Å². The third-order valence-corrected chi connectivity index (χ3v) is 2.65. The molecule has 0 aromatic heterocycles. The molecule has 0 saturated heterocycles. The maximum Gasteiger partial charge on any atom is 0.347 e. The smallest absolute Gasteiger partial charge is 0.347 e. The van der Waals surface area contributed by atoms with Crippen LogP contribution in [-0.4, -0.2) is 43.2 Å². The number of ether oxygens (including phenoxy) is 3. The molecule has 1 atom stereocenters. The molecule has 0 aliphatic carbocycles. The molecular formula is C12H17NO6. The van der Waals surface area contributed by atoms with Crippen molar-refractivity contribution < 1.29 is 28.6 Å². The molecule has 0 aromatic carbocycles. The van der Waals surface area contributed by atoms with Crippen molar-refractivity contribution >= 4 is 18.3 Å². The van der Waals surface area contributed by atoms with E-state index in [1.165, 1.54) is 6.26 Å². The molecule has 106 valence electrons. The third-order valence-electron chi connectivity index (χ3n) is 2.65. The maximum atomic E-state index is 12.1. The monoisotopic (exact) mass is 271 g/mol. The minimum atomic E-state index is -1.97. The summed E-state index contributed by atoms with van der Waals surface area (Å²) >= 11 is 0. The first-order valence-electron chi connectivity index (χ1n) is 5.99. The summed E-state index contributed by atoms with van der Waals surface area (Å²) in [5.74, 6) is -1.79.